The van der Waals surface area contributed by atoms with Crippen LogP contribution in [-0.4, -0.2) is 39.6 Å². The fourth-order valence-electron chi connectivity index (χ4n) is 3.72. The van der Waals surface area contributed by atoms with Gasteiger partial charge in [-0.15, -0.1) is 0 Å². The van der Waals surface area contributed by atoms with Crippen LogP contribution < -0.4 is 0 Å². The van der Waals surface area contributed by atoms with E-state index in [2.05, 4.69) is 27.8 Å². The largest absolute Gasteiger partial charge is 0.300 e. The summed E-state index contributed by atoms with van der Waals surface area (Å²) >= 11 is 0. The molecule has 1 aliphatic heterocycles. The minimum absolute atomic E-state index is 0.213. The lowest BCUT2D eigenvalue weighted by molar-refractivity contribution is -0.119. The number of hydrogen-bond donors (Lipinski definition) is 0. The first-order chi connectivity index (χ1) is 12.0. The van der Waals surface area contributed by atoms with Gasteiger partial charge in [-0.3, -0.25) is 9.48 Å². The van der Waals surface area contributed by atoms with Crippen molar-refractivity contribution < 1.29 is 4.79 Å². The molecule has 0 bridgehead atoms. The summed E-state index contributed by atoms with van der Waals surface area (Å²) in [5.41, 5.74) is 1.37. The third kappa shape index (κ3) is 6.25. The van der Waals surface area contributed by atoms with Crippen molar-refractivity contribution in [2.45, 2.75) is 91.1 Å². The maximum absolute atomic E-state index is 10.1. The average molecular weight is 348 g/mol. The molecule has 142 valence electrons. The van der Waals surface area contributed by atoms with Crippen molar-refractivity contribution in [3.63, 3.8) is 0 Å². The number of aromatic nitrogens is 2. The second-order valence-corrected chi connectivity index (χ2v) is 8.01. The molecule has 1 saturated carbocycles. The third-order valence-electron chi connectivity index (χ3n) is 5.84. The monoisotopic (exact) mass is 347 g/mol. The van der Waals surface area contributed by atoms with E-state index < -0.39 is 0 Å². The molecule has 1 aromatic rings. The summed E-state index contributed by atoms with van der Waals surface area (Å²) in [5, 5.41) is 4.55. The van der Waals surface area contributed by atoms with E-state index in [1.165, 1.54) is 63.6 Å². The Labute approximate surface area is 154 Å². The van der Waals surface area contributed by atoms with Gasteiger partial charge < -0.3 is 4.90 Å². The quantitative estimate of drug-likeness (QED) is 0.796. The molecular formula is C21H37N3O. The number of aryl methyl sites for hydroxylation is 1. The van der Waals surface area contributed by atoms with Gasteiger partial charge in [0.05, 0.1) is 12.2 Å². The van der Waals surface area contributed by atoms with Crippen LogP contribution in [-0.2, 0) is 11.2 Å². The lowest BCUT2D eigenvalue weighted by Gasteiger charge is -2.39. The second-order valence-electron chi connectivity index (χ2n) is 8.01. The van der Waals surface area contributed by atoms with Gasteiger partial charge in [-0.25, -0.2) is 0 Å². The van der Waals surface area contributed by atoms with Crippen LogP contribution in [0.4, 0.5) is 0 Å². The summed E-state index contributed by atoms with van der Waals surface area (Å²) in [5.74, 6) is 0.472. The van der Waals surface area contributed by atoms with Crippen molar-refractivity contribution >= 4 is 5.78 Å². The van der Waals surface area contributed by atoms with Gasteiger partial charge in [0.25, 0.3) is 0 Å². The van der Waals surface area contributed by atoms with Gasteiger partial charge >= 0.3 is 0 Å². The lowest BCUT2D eigenvalue weighted by Crippen LogP contribution is -2.42. The van der Waals surface area contributed by atoms with Gasteiger partial charge in [-0.1, -0.05) is 40.0 Å². The van der Waals surface area contributed by atoms with Crippen molar-refractivity contribution in [1.82, 2.24) is 14.7 Å². The second kappa shape index (κ2) is 10.1. The summed E-state index contributed by atoms with van der Waals surface area (Å²) in [6.45, 7) is 10.1. The molecule has 2 fully saturated rings. The molecule has 0 spiro atoms. The van der Waals surface area contributed by atoms with Crippen LogP contribution in [0, 0.1) is 5.92 Å². The number of carbonyl (C=O) groups is 1. The molecule has 2 heterocycles. The molecule has 0 radical (unpaired) electrons. The fourth-order valence-corrected chi connectivity index (χ4v) is 3.72. The Balaban J connectivity index is 0.000000326. The Morgan fingerprint density at radius 1 is 1.12 bits per heavy atom. The maximum atomic E-state index is 10.1. The highest BCUT2D eigenvalue weighted by atomic mass is 16.1. The first-order valence-corrected chi connectivity index (χ1v) is 10.3. The van der Waals surface area contributed by atoms with E-state index >= 15 is 0 Å². The molecule has 0 amide bonds. The average Bonchev–Trinajstić information content (AvgIpc) is 3.12. The zero-order valence-corrected chi connectivity index (χ0v) is 16.7. The van der Waals surface area contributed by atoms with Crippen molar-refractivity contribution in [3.8, 4) is 0 Å². The number of ketones is 1. The van der Waals surface area contributed by atoms with E-state index in [0.717, 1.165) is 12.5 Å². The molecule has 0 unspecified atom stereocenters. The van der Waals surface area contributed by atoms with Crippen LogP contribution >= 0.6 is 0 Å². The molecule has 1 saturated heterocycles. The predicted molar refractivity (Wildman–Crippen MR) is 104 cm³/mol. The van der Waals surface area contributed by atoms with E-state index in [1.807, 2.05) is 20.0 Å². The summed E-state index contributed by atoms with van der Waals surface area (Å²) in [4.78, 5) is 12.9. The number of carbonyl (C=O) groups excluding carboxylic acids is 1. The number of Topliss-reactive ketones (excluding diaryl/α,β-unsaturated/α-hetero) is 1. The normalized spacial score (nSPS) is 20.4. The van der Waals surface area contributed by atoms with Crippen LogP contribution in [0.2, 0.25) is 0 Å². The highest BCUT2D eigenvalue weighted by molar-refractivity contribution is 5.77. The highest BCUT2D eigenvalue weighted by Gasteiger charge is 2.27. The topological polar surface area (TPSA) is 38.1 Å². The van der Waals surface area contributed by atoms with Crippen LogP contribution in [0.1, 0.15) is 84.2 Å². The van der Waals surface area contributed by atoms with Gasteiger partial charge in [0, 0.05) is 31.2 Å². The van der Waals surface area contributed by atoms with E-state index in [1.54, 1.807) is 6.92 Å². The molecule has 0 aromatic carbocycles. The standard InChI is InChI=1S/C16H27N3.C5H10O/c1-2-14-12-17-19(13-14)16-8-10-18(11-9-16)15-6-4-3-5-7-15;1-4(2)5(3)6/h12-13,15-16H,2-11H2,1H3;4H,1-3H3. The molecule has 25 heavy (non-hydrogen) atoms. The van der Waals surface area contributed by atoms with E-state index in [4.69, 9.17) is 0 Å². The molecular weight excluding hydrogens is 310 g/mol. The summed E-state index contributed by atoms with van der Waals surface area (Å²) in [6, 6.07) is 1.53. The molecule has 2 aliphatic rings. The Morgan fingerprint density at radius 3 is 2.20 bits per heavy atom. The fraction of sp³-hybridized carbons (Fsp3) is 0.810. The zero-order chi connectivity index (χ0) is 18.2. The maximum Gasteiger partial charge on any atom is 0.132 e. The first-order valence-electron chi connectivity index (χ1n) is 10.3. The Hall–Kier alpha value is -1.16. The number of likely N-dealkylation sites (tertiary alicyclic amines) is 1. The molecule has 0 atom stereocenters. The number of rotatable bonds is 4. The van der Waals surface area contributed by atoms with E-state index in [-0.39, 0.29) is 11.7 Å². The van der Waals surface area contributed by atoms with Crippen LogP contribution in [0.3, 0.4) is 0 Å². The van der Waals surface area contributed by atoms with Crippen LogP contribution in [0.5, 0.6) is 0 Å². The minimum atomic E-state index is 0.213. The molecule has 3 rings (SSSR count). The zero-order valence-electron chi connectivity index (χ0n) is 16.7. The first kappa shape index (κ1) is 20.2. The van der Waals surface area contributed by atoms with Crippen LogP contribution in [0.25, 0.3) is 0 Å². The van der Waals surface area contributed by atoms with Crippen molar-refractivity contribution in [1.29, 1.82) is 0 Å². The third-order valence-corrected chi connectivity index (χ3v) is 5.84. The Bertz CT molecular complexity index is 509. The van der Waals surface area contributed by atoms with Gasteiger partial charge in [0.1, 0.15) is 5.78 Å². The minimum Gasteiger partial charge on any atom is -0.300 e. The van der Waals surface area contributed by atoms with E-state index in [9.17, 15) is 4.79 Å². The number of piperidine rings is 1. The number of nitrogens with zero attached hydrogens (tertiary/aromatic N) is 3. The highest BCUT2D eigenvalue weighted by Crippen LogP contribution is 2.28. The number of hydrogen-bond acceptors (Lipinski definition) is 3. The lowest BCUT2D eigenvalue weighted by atomic mass is 9.92. The van der Waals surface area contributed by atoms with Crippen molar-refractivity contribution in [2.24, 2.45) is 5.92 Å². The summed E-state index contributed by atoms with van der Waals surface area (Å²) < 4.78 is 2.22. The Morgan fingerprint density at radius 2 is 1.72 bits per heavy atom. The van der Waals surface area contributed by atoms with Crippen molar-refractivity contribution in [3.05, 3.63) is 18.0 Å². The Kier molecular flexibility index (Phi) is 8.14. The van der Waals surface area contributed by atoms with Gasteiger partial charge in [0.15, 0.2) is 0 Å². The molecule has 1 aromatic heterocycles. The summed E-state index contributed by atoms with van der Waals surface area (Å²) in [6.07, 6.45) is 15.2. The van der Waals surface area contributed by atoms with E-state index in [0.29, 0.717) is 6.04 Å². The molecule has 4 nitrogen and oxygen atoms in total. The van der Waals surface area contributed by atoms with Crippen molar-refractivity contribution in [2.75, 3.05) is 13.1 Å². The molecule has 1 aliphatic carbocycles. The predicted octanol–water partition coefficient (Wildman–Crippen LogP) is 4.65. The SMILES string of the molecule is CC(=O)C(C)C.CCc1cnn(C2CCN(C3CCCCC3)CC2)c1. The van der Waals surface area contributed by atoms with Gasteiger partial charge in [0.2, 0.25) is 0 Å². The molecule has 4 heteroatoms. The van der Waals surface area contributed by atoms with Gasteiger partial charge in [-0.05, 0) is 44.6 Å². The van der Waals surface area contributed by atoms with Crippen LogP contribution in [0.15, 0.2) is 12.4 Å². The summed E-state index contributed by atoms with van der Waals surface area (Å²) in [7, 11) is 0. The smallest absolute Gasteiger partial charge is 0.132 e. The molecule has 0 N–H and O–H groups in total. The van der Waals surface area contributed by atoms with Gasteiger partial charge in [-0.2, -0.15) is 5.10 Å².